The molecule has 0 fully saturated rings. The minimum atomic E-state index is -0.0415. The van der Waals surface area contributed by atoms with Crippen LogP contribution in [0, 0.1) is 12.8 Å². The Kier molecular flexibility index (Phi) is 5.98. The number of carbonyl (C=O) groups is 1. The highest BCUT2D eigenvalue weighted by atomic mass is 127. The fourth-order valence-corrected chi connectivity index (χ4v) is 2.84. The van der Waals surface area contributed by atoms with E-state index in [2.05, 4.69) is 52.0 Å². The first-order valence-corrected chi connectivity index (χ1v) is 7.72. The van der Waals surface area contributed by atoms with Crippen molar-refractivity contribution < 1.29 is 4.79 Å². The van der Waals surface area contributed by atoms with Gasteiger partial charge in [-0.1, -0.05) is 43.4 Å². The van der Waals surface area contributed by atoms with Gasteiger partial charge in [0.1, 0.15) is 0 Å². The van der Waals surface area contributed by atoms with Crippen molar-refractivity contribution >= 4 is 28.5 Å². The maximum absolute atomic E-state index is 12.3. The molecule has 0 bridgehead atoms. The minimum absolute atomic E-state index is 0.0415. The average molecular weight is 361 g/mol. The predicted octanol–water partition coefficient (Wildman–Crippen LogP) is 2.54. The molecule has 0 aliphatic heterocycles. The van der Waals surface area contributed by atoms with E-state index in [0.29, 0.717) is 17.9 Å². The fourth-order valence-electron chi connectivity index (χ4n) is 1.60. The number of aromatic nitrogens is 2. The first-order valence-electron chi connectivity index (χ1n) is 6.19. The fraction of sp³-hybridized carbons (Fsp3) is 0.615. The number of nitrogens with one attached hydrogen (secondary N) is 1. The lowest BCUT2D eigenvalue weighted by Crippen LogP contribution is -2.40. The van der Waals surface area contributed by atoms with Crippen LogP contribution < -0.4 is 5.32 Å². The van der Waals surface area contributed by atoms with E-state index in [1.165, 1.54) is 0 Å². The summed E-state index contributed by atoms with van der Waals surface area (Å²) in [4.78, 5) is 12.3. The Labute approximate surface area is 122 Å². The van der Waals surface area contributed by atoms with Crippen LogP contribution in [-0.2, 0) is 6.42 Å². The monoisotopic (exact) mass is 361 g/mol. The van der Waals surface area contributed by atoms with Crippen LogP contribution in [0.4, 0.5) is 0 Å². The minimum Gasteiger partial charge on any atom is -0.348 e. The van der Waals surface area contributed by atoms with E-state index < -0.39 is 0 Å². The number of hydrogen-bond donors (Lipinski definition) is 1. The van der Waals surface area contributed by atoms with E-state index in [4.69, 9.17) is 0 Å². The maximum Gasteiger partial charge on any atom is 0.253 e. The van der Waals surface area contributed by atoms with Crippen LogP contribution >= 0.6 is 22.6 Å². The van der Waals surface area contributed by atoms with Gasteiger partial charge in [-0.2, -0.15) is 10.2 Å². The molecule has 1 atom stereocenters. The van der Waals surface area contributed by atoms with Gasteiger partial charge in [0.15, 0.2) is 0 Å². The van der Waals surface area contributed by atoms with Crippen molar-refractivity contribution in [1.82, 2.24) is 15.5 Å². The highest BCUT2D eigenvalue weighted by molar-refractivity contribution is 14.1. The molecule has 0 aliphatic rings. The zero-order valence-corrected chi connectivity index (χ0v) is 13.5. The quantitative estimate of drug-likeness (QED) is 0.648. The molecule has 100 valence electrons. The molecule has 1 aromatic rings. The Balaban J connectivity index is 2.92. The van der Waals surface area contributed by atoms with E-state index >= 15 is 0 Å². The van der Waals surface area contributed by atoms with Crippen LogP contribution in [0.1, 0.15) is 42.5 Å². The molecule has 1 amide bonds. The Morgan fingerprint density at radius 1 is 1.44 bits per heavy atom. The lowest BCUT2D eigenvalue weighted by molar-refractivity contribution is 0.0930. The summed E-state index contributed by atoms with van der Waals surface area (Å²) in [5, 5.41) is 11.1. The molecule has 18 heavy (non-hydrogen) atoms. The maximum atomic E-state index is 12.3. The van der Waals surface area contributed by atoms with E-state index in [0.717, 1.165) is 15.8 Å². The van der Waals surface area contributed by atoms with Crippen molar-refractivity contribution in [1.29, 1.82) is 0 Å². The summed E-state index contributed by atoms with van der Waals surface area (Å²) in [6.07, 6.45) is 0.715. The van der Waals surface area contributed by atoms with E-state index in [9.17, 15) is 4.79 Å². The van der Waals surface area contributed by atoms with Gasteiger partial charge in [0.2, 0.25) is 0 Å². The van der Waals surface area contributed by atoms with Crippen molar-refractivity contribution in [2.45, 2.75) is 40.2 Å². The summed E-state index contributed by atoms with van der Waals surface area (Å²) in [5.74, 6) is 0.382. The molecule has 0 saturated carbocycles. The lowest BCUT2D eigenvalue weighted by Gasteiger charge is -2.20. The molecular weight excluding hydrogens is 341 g/mol. The number of halogens is 1. The van der Waals surface area contributed by atoms with Gasteiger partial charge in [-0.15, -0.1) is 0 Å². The van der Waals surface area contributed by atoms with Crippen LogP contribution in [-0.4, -0.2) is 26.6 Å². The molecule has 1 unspecified atom stereocenters. The van der Waals surface area contributed by atoms with Crippen molar-refractivity contribution in [3.63, 3.8) is 0 Å². The van der Waals surface area contributed by atoms with E-state index in [1.807, 2.05) is 19.9 Å². The molecule has 5 heteroatoms. The van der Waals surface area contributed by atoms with Gasteiger partial charge in [0.25, 0.3) is 5.91 Å². The van der Waals surface area contributed by atoms with Crippen LogP contribution in [0.25, 0.3) is 0 Å². The van der Waals surface area contributed by atoms with Crippen LogP contribution in [0.2, 0.25) is 0 Å². The highest BCUT2D eigenvalue weighted by Crippen LogP contribution is 2.10. The smallest absolute Gasteiger partial charge is 0.253 e. The topological polar surface area (TPSA) is 54.9 Å². The van der Waals surface area contributed by atoms with Gasteiger partial charge in [-0.05, 0) is 25.3 Å². The van der Waals surface area contributed by atoms with Gasteiger partial charge in [-0.3, -0.25) is 4.79 Å². The van der Waals surface area contributed by atoms with Crippen LogP contribution in [0.3, 0.4) is 0 Å². The number of aryl methyl sites for hydroxylation is 2. The van der Waals surface area contributed by atoms with Crippen molar-refractivity contribution in [2.75, 3.05) is 4.43 Å². The van der Waals surface area contributed by atoms with Crippen molar-refractivity contribution in [3.05, 3.63) is 23.0 Å². The predicted molar refractivity (Wildman–Crippen MR) is 81.1 cm³/mol. The normalized spacial score (nSPS) is 12.6. The lowest BCUT2D eigenvalue weighted by atomic mass is 10.1. The summed E-state index contributed by atoms with van der Waals surface area (Å²) in [6.45, 7) is 8.05. The molecule has 0 spiro atoms. The van der Waals surface area contributed by atoms with Crippen molar-refractivity contribution in [2.24, 2.45) is 5.92 Å². The van der Waals surface area contributed by atoms with E-state index in [1.54, 1.807) is 0 Å². The SMILES string of the molecule is CCc1nnc(C)cc1C(=O)NC(CI)C(C)C. The number of hydrogen-bond acceptors (Lipinski definition) is 3. The second-order valence-electron chi connectivity index (χ2n) is 4.68. The summed E-state index contributed by atoms with van der Waals surface area (Å²) in [5.41, 5.74) is 2.18. The average Bonchev–Trinajstić information content (AvgIpc) is 2.35. The van der Waals surface area contributed by atoms with Gasteiger partial charge in [-0.25, -0.2) is 0 Å². The number of nitrogens with zero attached hydrogens (tertiary/aromatic N) is 2. The Morgan fingerprint density at radius 2 is 2.11 bits per heavy atom. The molecule has 0 aromatic carbocycles. The number of carbonyl (C=O) groups excluding carboxylic acids is 1. The Morgan fingerprint density at radius 3 is 2.61 bits per heavy atom. The molecular formula is C13H20IN3O. The standard InChI is InChI=1S/C13H20IN3O/c1-5-11-10(6-9(4)16-17-11)13(18)15-12(7-14)8(2)3/h6,8,12H,5,7H2,1-4H3,(H,15,18). The first kappa shape index (κ1) is 15.3. The summed E-state index contributed by atoms with van der Waals surface area (Å²) < 4.78 is 0.903. The van der Waals surface area contributed by atoms with Crippen LogP contribution in [0.5, 0.6) is 0 Å². The zero-order valence-electron chi connectivity index (χ0n) is 11.3. The summed E-state index contributed by atoms with van der Waals surface area (Å²) in [7, 11) is 0. The number of rotatable bonds is 5. The van der Waals surface area contributed by atoms with Gasteiger partial charge >= 0.3 is 0 Å². The Bertz CT molecular complexity index is 421. The zero-order chi connectivity index (χ0) is 13.7. The highest BCUT2D eigenvalue weighted by Gasteiger charge is 2.18. The molecule has 1 aromatic heterocycles. The second-order valence-corrected chi connectivity index (χ2v) is 5.56. The molecule has 1 N–H and O–H groups in total. The third-order valence-electron chi connectivity index (χ3n) is 2.86. The molecule has 1 heterocycles. The summed E-state index contributed by atoms with van der Waals surface area (Å²) >= 11 is 2.30. The molecule has 4 nitrogen and oxygen atoms in total. The second kappa shape index (κ2) is 7.01. The first-order chi connectivity index (χ1) is 8.49. The summed E-state index contributed by atoms with van der Waals surface area (Å²) in [6, 6.07) is 2.00. The number of alkyl halides is 1. The van der Waals surface area contributed by atoms with E-state index in [-0.39, 0.29) is 11.9 Å². The Hall–Kier alpha value is -0.720. The number of amides is 1. The van der Waals surface area contributed by atoms with Gasteiger partial charge in [0.05, 0.1) is 17.0 Å². The largest absolute Gasteiger partial charge is 0.348 e. The van der Waals surface area contributed by atoms with Gasteiger partial charge in [0, 0.05) is 10.5 Å². The molecule has 0 radical (unpaired) electrons. The van der Waals surface area contributed by atoms with Gasteiger partial charge < -0.3 is 5.32 Å². The third-order valence-corrected chi connectivity index (χ3v) is 3.81. The third kappa shape index (κ3) is 3.90. The molecule has 0 saturated heterocycles. The molecule has 0 aliphatic carbocycles. The molecule has 1 rings (SSSR count). The van der Waals surface area contributed by atoms with Crippen molar-refractivity contribution in [3.8, 4) is 0 Å². The van der Waals surface area contributed by atoms with Crippen LogP contribution in [0.15, 0.2) is 6.07 Å².